The van der Waals surface area contributed by atoms with Gasteiger partial charge in [0.15, 0.2) is 0 Å². The molecule has 188 valence electrons. The first kappa shape index (κ1) is 24.5. The number of hydrogen-bond acceptors (Lipinski definition) is 4. The first-order valence-corrected chi connectivity index (χ1v) is 11.6. The van der Waals surface area contributed by atoms with E-state index in [1.54, 1.807) is 0 Å². The van der Waals surface area contributed by atoms with E-state index in [2.05, 4.69) is 0 Å². The third-order valence-corrected chi connectivity index (χ3v) is 6.68. The van der Waals surface area contributed by atoms with Crippen LogP contribution in [-0.4, -0.2) is 44.3 Å². The van der Waals surface area contributed by atoms with Gasteiger partial charge in [-0.05, 0) is 93.7 Å². The topological polar surface area (TPSA) is 149 Å². The van der Waals surface area contributed by atoms with Gasteiger partial charge in [-0.25, -0.2) is 19.2 Å². The molecular formula is C30H20O8. The number of rotatable bonds is 6. The van der Waals surface area contributed by atoms with E-state index in [0.29, 0.717) is 35.1 Å². The Morgan fingerprint density at radius 3 is 1.03 bits per heavy atom. The molecule has 38 heavy (non-hydrogen) atoms. The first-order valence-electron chi connectivity index (χ1n) is 11.6. The minimum atomic E-state index is -1.21. The molecule has 0 atom stereocenters. The predicted molar refractivity (Wildman–Crippen MR) is 138 cm³/mol. The Balaban J connectivity index is 1.54. The lowest BCUT2D eigenvalue weighted by molar-refractivity contribution is 0.0676. The fraction of sp³-hybridized carbons (Fsp3) is 0.0667. The van der Waals surface area contributed by atoms with Crippen molar-refractivity contribution >= 4 is 23.9 Å². The summed E-state index contributed by atoms with van der Waals surface area (Å²) >= 11 is 0. The molecule has 0 amide bonds. The Morgan fingerprint density at radius 2 is 0.737 bits per heavy atom. The standard InChI is InChI=1S/C30H20O8/c31-27(32)21-9-19(10-22(13-21)28(33)34)15-3-5-25-17(7-15)1-2-18-8-16(4-6-26(18)25)20-11-23(29(35)36)14-24(12-20)30(37)38/h3-14H,1-2H2,(H,31,32)(H,33,34)(H,35,36)(H,37,38). The molecule has 8 nitrogen and oxygen atoms in total. The normalized spacial score (nSPS) is 11.8. The molecule has 4 aromatic carbocycles. The van der Waals surface area contributed by atoms with Gasteiger partial charge >= 0.3 is 23.9 Å². The van der Waals surface area contributed by atoms with E-state index in [-0.39, 0.29) is 22.3 Å². The molecule has 1 aliphatic rings. The Morgan fingerprint density at radius 1 is 0.421 bits per heavy atom. The number of carbonyl (C=O) groups is 4. The van der Waals surface area contributed by atoms with E-state index in [0.717, 1.165) is 34.4 Å². The van der Waals surface area contributed by atoms with E-state index in [1.165, 1.54) is 24.3 Å². The minimum absolute atomic E-state index is 0.103. The molecule has 0 spiro atoms. The smallest absolute Gasteiger partial charge is 0.335 e. The lowest BCUT2D eigenvalue weighted by Gasteiger charge is -2.22. The molecule has 0 saturated heterocycles. The maximum absolute atomic E-state index is 11.5. The number of aromatic carboxylic acids is 4. The number of carboxylic acids is 4. The highest BCUT2D eigenvalue weighted by molar-refractivity contribution is 5.97. The van der Waals surface area contributed by atoms with Crippen molar-refractivity contribution in [1.29, 1.82) is 0 Å². The monoisotopic (exact) mass is 508 g/mol. The van der Waals surface area contributed by atoms with Crippen molar-refractivity contribution in [3.63, 3.8) is 0 Å². The van der Waals surface area contributed by atoms with E-state index in [9.17, 15) is 39.6 Å². The quantitative estimate of drug-likeness (QED) is 0.264. The van der Waals surface area contributed by atoms with Gasteiger partial charge in [0.1, 0.15) is 0 Å². The highest BCUT2D eigenvalue weighted by Gasteiger charge is 2.20. The molecule has 0 fully saturated rings. The number of aryl methyl sites for hydroxylation is 2. The van der Waals surface area contributed by atoms with Crippen molar-refractivity contribution in [3.8, 4) is 33.4 Å². The van der Waals surface area contributed by atoms with Crippen molar-refractivity contribution in [1.82, 2.24) is 0 Å². The zero-order valence-electron chi connectivity index (χ0n) is 19.8. The Bertz CT molecular complexity index is 1490. The van der Waals surface area contributed by atoms with Crippen LogP contribution < -0.4 is 0 Å². The average Bonchev–Trinajstić information content (AvgIpc) is 2.91. The third kappa shape index (κ3) is 4.51. The summed E-state index contributed by atoms with van der Waals surface area (Å²) < 4.78 is 0. The summed E-state index contributed by atoms with van der Waals surface area (Å²) in [5.41, 5.74) is 6.03. The second-order valence-electron chi connectivity index (χ2n) is 9.06. The van der Waals surface area contributed by atoms with Crippen LogP contribution in [0.1, 0.15) is 52.6 Å². The zero-order valence-corrected chi connectivity index (χ0v) is 19.8. The maximum atomic E-state index is 11.5. The highest BCUT2D eigenvalue weighted by Crippen LogP contribution is 2.38. The lowest BCUT2D eigenvalue weighted by Crippen LogP contribution is -2.06. The van der Waals surface area contributed by atoms with Crippen LogP contribution in [0.4, 0.5) is 0 Å². The molecule has 0 aliphatic heterocycles. The molecule has 0 bridgehead atoms. The van der Waals surface area contributed by atoms with Gasteiger partial charge in [0.05, 0.1) is 22.3 Å². The van der Waals surface area contributed by atoms with Gasteiger partial charge in [-0.1, -0.05) is 36.4 Å². The molecular weight excluding hydrogens is 488 g/mol. The summed E-state index contributed by atoms with van der Waals surface area (Å²) in [6.45, 7) is 0. The van der Waals surface area contributed by atoms with E-state index >= 15 is 0 Å². The minimum Gasteiger partial charge on any atom is -0.478 e. The largest absolute Gasteiger partial charge is 0.478 e. The fourth-order valence-electron chi connectivity index (χ4n) is 4.84. The van der Waals surface area contributed by atoms with Crippen LogP contribution in [-0.2, 0) is 12.8 Å². The van der Waals surface area contributed by atoms with Crippen molar-refractivity contribution in [3.05, 3.63) is 106 Å². The van der Waals surface area contributed by atoms with Gasteiger partial charge in [-0.15, -0.1) is 0 Å². The summed E-state index contributed by atoms with van der Waals surface area (Å²) in [5.74, 6) is -4.83. The number of carboxylic acid groups (broad SMARTS) is 4. The van der Waals surface area contributed by atoms with Crippen molar-refractivity contribution in [2.75, 3.05) is 0 Å². The van der Waals surface area contributed by atoms with E-state index in [4.69, 9.17) is 0 Å². The fourth-order valence-corrected chi connectivity index (χ4v) is 4.84. The van der Waals surface area contributed by atoms with Crippen LogP contribution in [0.2, 0.25) is 0 Å². The SMILES string of the molecule is O=C(O)c1cc(C(=O)O)cc(-c2ccc3c(c2)CCc2cc(-c4cc(C(=O)O)cc(C(=O)O)c4)ccc2-3)c1. The maximum Gasteiger partial charge on any atom is 0.335 e. The van der Waals surface area contributed by atoms with Crippen LogP contribution in [0.5, 0.6) is 0 Å². The van der Waals surface area contributed by atoms with Crippen LogP contribution in [0, 0.1) is 0 Å². The zero-order chi connectivity index (χ0) is 27.1. The van der Waals surface area contributed by atoms with Crippen molar-refractivity contribution in [2.45, 2.75) is 12.8 Å². The summed E-state index contributed by atoms with van der Waals surface area (Å²) in [4.78, 5) is 46.0. The Kier molecular flexibility index (Phi) is 6.00. The first-order chi connectivity index (χ1) is 18.1. The summed E-state index contributed by atoms with van der Waals surface area (Å²) in [7, 11) is 0. The molecule has 1 aliphatic carbocycles. The molecule has 5 rings (SSSR count). The predicted octanol–water partition coefficient (Wildman–Crippen LogP) is 5.58. The Labute approximate surface area is 216 Å². The second-order valence-corrected chi connectivity index (χ2v) is 9.06. The average molecular weight is 508 g/mol. The van der Waals surface area contributed by atoms with Gasteiger partial charge in [-0.3, -0.25) is 0 Å². The molecule has 0 heterocycles. The molecule has 8 heteroatoms. The van der Waals surface area contributed by atoms with E-state index < -0.39 is 23.9 Å². The number of hydrogen-bond donors (Lipinski definition) is 4. The molecule has 0 radical (unpaired) electrons. The number of benzene rings is 4. The molecule has 0 aromatic heterocycles. The summed E-state index contributed by atoms with van der Waals surface area (Å²) in [6.07, 6.45) is 1.36. The van der Waals surface area contributed by atoms with Crippen LogP contribution in [0.15, 0.2) is 72.8 Å². The van der Waals surface area contributed by atoms with Crippen molar-refractivity contribution < 1.29 is 39.6 Å². The van der Waals surface area contributed by atoms with Crippen LogP contribution in [0.25, 0.3) is 33.4 Å². The molecule has 4 N–H and O–H groups in total. The molecule has 4 aromatic rings. The van der Waals surface area contributed by atoms with E-state index in [1.807, 2.05) is 36.4 Å². The van der Waals surface area contributed by atoms with Gasteiger partial charge in [0.2, 0.25) is 0 Å². The highest BCUT2D eigenvalue weighted by atomic mass is 16.4. The van der Waals surface area contributed by atoms with Gasteiger partial charge in [0.25, 0.3) is 0 Å². The van der Waals surface area contributed by atoms with Gasteiger partial charge in [0, 0.05) is 0 Å². The Hall–Kier alpha value is -5.24. The van der Waals surface area contributed by atoms with Crippen LogP contribution in [0.3, 0.4) is 0 Å². The lowest BCUT2D eigenvalue weighted by atomic mass is 9.82. The van der Waals surface area contributed by atoms with Gasteiger partial charge < -0.3 is 20.4 Å². The third-order valence-electron chi connectivity index (χ3n) is 6.68. The summed E-state index contributed by atoms with van der Waals surface area (Å²) in [6, 6.07) is 19.4. The molecule has 0 saturated carbocycles. The van der Waals surface area contributed by atoms with Crippen LogP contribution >= 0.6 is 0 Å². The number of fused-ring (bicyclic) bond motifs is 3. The van der Waals surface area contributed by atoms with Gasteiger partial charge in [-0.2, -0.15) is 0 Å². The second kappa shape index (κ2) is 9.33. The summed E-state index contributed by atoms with van der Waals surface area (Å²) in [5, 5.41) is 37.6. The van der Waals surface area contributed by atoms with Crippen molar-refractivity contribution in [2.24, 2.45) is 0 Å². The molecule has 0 unspecified atom stereocenters.